The summed E-state index contributed by atoms with van der Waals surface area (Å²) >= 11 is 4.40. The number of hydroxylamine groups is 2. The number of nitrogens with two attached hydrogens (primary N) is 1. The molecule has 0 saturated heterocycles. The van der Waals surface area contributed by atoms with Crippen LogP contribution >= 0.6 is 12.2 Å². The number of nitrogens with zero attached hydrogens (tertiary/aromatic N) is 1. The van der Waals surface area contributed by atoms with Gasteiger partial charge in [-0.1, -0.05) is 0 Å². The van der Waals surface area contributed by atoms with Crippen LogP contribution in [-0.2, 0) is 19.3 Å². The molecule has 0 spiro atoms. The Kier molecular flexibility index (Phi) is 2.24. The molecule has 0 fully saturated rings. The standard InChI is InChI=1S/C5H4N2O4S/c6-5(12)7-10-3(8)1-2-4(9)11-7/h1-2H,(H2,6,12). The molecule has 0 atom stereocenters. The smallest absolute Gasteiger partial charge is 0.360 e. The lowest BCUT2D eigenvalue weighted by Crippen LogP contribution is -2.37. The van der Waals surface area contributed by atoms with Crippen LogP contribution in [0.2, 0.25) is 0 Å². The van der Waals surface area contributed by atoms with E-state index in [1.807, 2.05) is 0 Å². The van der Waals surface area contributed by atoms with Crippen molar-refractivity contribution in [3.8, 4) is 0 Å². The van der Waals surface area contributed by atoms with E-state index in [0.717, 1.165) is 12.2 Å². The molecule has 1 rings (SSSR count). The van der Waals surface area contributed by atoms with E-state index in [1.54, 1.807) is 0 Å². The lowest BCUT2D eigenvalue weighted by atomic mass is 10.5. The topological polar surface area (TPSA) is 81.9 Å². The second-order valence-electron chi connectivity index (χ2n) is 1.75. The van der Waals surface area contributed by atoms with Crippen LogP contribution in [0.25, 0.3) is 0 Å². The predicted molar refractivity (Wildman–Crippen MR) is 39.9 cm³/mol. The van der Waals surface area contributed by atoms with Gasteiger partial charge in [0.1, 0.15) is 0 Å². The van der Waals surface area contributed by atoms with Crippen LogP contribution < -0.4 is 5.73 Å². The van der Waals surface area contributed by atoms with Crippen molar-refractivity contribution in [3.05, 3.63) is 12.2 Å². The SMILES string of the molecule is NC(=S)N1OC(=O)C=CC(=O)O1. The van der Waals surface area contributed by atoms with E-state index in [-0.39, 0.29) is 5.11 Å². The van der Waals surface area contributed by atoms with Gasteiger partial charge in [0.2, 0.25) is 5.11 Å². The van der Waals surface area contributed by atoms with Gasteiger partial charge in [-0.25, -0.2) is 9.59 Å². The van der Waals surface area contributed by atoms with Gasteiger partial charge in [0.15, 0.2) is 0 Å². The van der Waals surface area contributed by atoms with E-state index in [4.69, 9.17) is 5.73 Å². The molecule has 6 nitrogen and oxygen atoms in total. The van der Waals surface area contributed by atoms with Crippen molar-refractivity contribution >= 4 is 29.3 Å². The van der Waals surface area contributed by atoms with Crippen molar-refractivity contribution in [2.75, 3.05) is 0 Å². The molecule has 7 heteroatoms. The zero-order chi connectivity index (χ0) is 9.14. The van der Waals surface area contributed by atoms with E-state index in [1.165, 1.54) is 0 Å². The molecule has 0 bridgehead atoms. The minimum Gasteiger partial charge on any atom is -0.371 e. The van der Waals surface area contributed by atoms with Crippen molar-refractivity contribution in [2.24, 2.45) is 5.73 Å². The molecular formula is C5H4N2O4S. The summed E-state index contributed by atoms with van der Waals surface area (Å²) in [6.07, 6.45) is 1.81. The Balaban J connectivity index is 2.77. The summed E-state index contributed by atoms with van der Waals surface area (Å²) in [5.74, 6) is -1.57. The molecule has 64 valence electrons. The maximum absolute atomic E-state index is 10.6. The van der Waals surface area contributed by atoms with Gasteiger partial charge < -0.3 is 5.73 Å². The summed E-state index contributed by atoms with van der Waals surface area (Å²) < 4.78 is 0. The number of carbonyl (C=O) groups excluding carboxylic acids is 2. The highest BCUT2D eigenvalue weighted by atomic mass is 32.1. The lowest BCUT2D eigenvalue weighted by Gasteiger charge is -2.14. The first kappa shape index (κ1) is 8.47. The van der Waals surface area contributed by atoms with Crippen LogP contribution in [0, 0.1) is 0 Å². The third-order valence-corrected chi connectivity index (χ3v) is 1.03. The van der Waals surface area contributed by atoms with Crippen molar-refractivity contribution in [2.45, 2.75) is 0 Å². The van der Waals surface area contributed by atoms with Gasteiger partial charge in [-0.3, -0.25) is 9.68 Å². The molecule has 0 aromatic carbocycles. The van der Waals surface area contributed by atoms with Crippen molar-refractivity contribution in [1.29, 1.82) is 0 Å². The van der Waals surface area contributed by atoms with E-state index in [9.17, 15) is 9.59 Å². The van der Waals surface area contributed by atoms with Gasteiger partial charge in [0.05, 0.1) is 0 Å². The fraction of sp³-hybridized carbons (Fsp3) is 0. The zero-order valence-corrected chi connectivity index (χ0v) is 6.54. The molecule has 0 amide bonds. The molecule has 0 radical (unpaired) electrons. The molecule has 0 aromatic heterocycles. The van der Waals surface area contributed by atoms with E-state index in [0.29, 0.717) is 5.23 Å². The number of hydrogen-bond acceptors (Lipinski definition) is 5. The average Bonchev–Trinajstić information content (AvgIpc) is 2.13. The molecule has 1 aliphatic heterocycles. The van der Waals surface area contributed by atoms with E-state index >= 15 is 0 Å². The number of thiocarbonyl (C=S) groups is 1. The number of rotatable bonds is 0. The van der Waals surface area contributed by atoms with Crippen LogP contribution in [0.15, 0.2) is 12.2 Å². The lowest BCUT2D eigenvalue weighted by molar-refractivity contribution is -0.272. The summed E-state index contributed by atoms with van der Waals surface area (Å²) in [6, 6.07) is 0. The van der Waals surface area contributed by atoms with E-state index < -0.39 is 11.9 Å². The fourth-order valence-corrected chi connectivity index (χ4v) is 0.544. The Hall–Kier alpha value is -1.63. The largest absolute Gasteiger partial charge is 0.371 e. The van der Waals surface area contributed by atoms with Gasteiger partial charge in [-0.2, -0.15) is 0 Å². The van der Waals surface area contributed by atoms with Crippen molar-refractivity contribution in [3.63, 3.8) is 0 Å². The number of hydrogen-bond donors (Lipinski definition) is 1. The summed E-state index contributed by atoms with van der Waals surface area (Å²) in [6.45, 7) is 0. The second-order valence-corrected chi connectivity index (χ2v) is 2.17. The second kappa shape index (κ2) is 3.18. The Morgan fingerprint density at radius 1 is 1.33 bits per heavy atom. The van der Waals surface area contributed by atoms with Crippen LogP contribution in [0.5, 0.6) is 0 Å². The van der Waals surface area contributed by atoms with Crippen LogP contribution in [0.3, 0.4) is 0 Å². The molecule has 1 aliphatic rings. The quantitative estimate of drug-likeness (QED) is 0.489. The van der Waals surface area contributed by atoms with Gasteiger partial charge in [0, 0.05) is 17.4 Å². The van der Waals surface area contributed by atoms with Crippen LogP contribution in [0.4, 0.5) is 0 Å². The molecule has 0 unspecified atom stereocenters. The normalized spacial score (nSPS) is 16.5. The molecule has 2 N–H and O–H groups in total. The minimum atomic E-state index is -0.784. The summed E-state index contributed by atoms with van der Waals surface area (Å²) in [5.41, 5.74) is 5.04. The zero-order valence-electron chi connectivity index (χ0n) is 5.72. The summed E-state index contributed by atoms with van der Waals surface area (Å²) in [5, 5.41) is 0.0143. The predicted octanol–water partition coefficient (Wildman–Crippen LogP) is -0.982. The first-order valence-electron chi connectivity index (χ1n) is 2.81. The van der Waals surface area contributed by atoms with Gasteiger partial charge >= 0.3 is 11.9 Å². The van der Waals surface area contributed by atoms with Gasteiger partial charge in [-0.15, -0.1) is 0 Å². The molecular weight excluding hydrogens is 184 g/mol. The molecule has 0 aliphatic carbocycles. The van der Waals surface area contributed by atoms with Gasteiger partial charge in [-0.05, 0) is 12.2 Å². The van der Waals surface area contributed by atoms with Crippen molar-refractivity contribution in [1.82, 2.24) is 5.23 Å². The summed E-state index contributed by atoms with van der Waals surface area (Å²) in [4.78, 5) is 30.0. The average molecular weight is 188 g/mol. The Morgan fingerprint density at radius 2 is 1.75 bits per heavy atom. The van der Waals surface area contributed by atoms with Crippen LogP contribution in [0.1, 0.15) is 0 Å². The summed E-state index contributed by atoms with van der Waals surface area (Å²) in [7, 11) is 0. The Labute approximate surface area is 72.4 Å². The molecule has 0 aromatic rings. The first-order chi connectivity index (χ1) is 5.59. The highest BCUT2D eigenvalue weighted by Crippen LogP contribution is 2.00. The fourth-order valence-electron chi connectivity index (χ4n) is 0.469. The molecule has 0 saturated carbocycles. The van der Waals surface area contributed by atoms with E-state index in [2.05, 4.69) is 21.9 Å². The Bertz CT molecular complexity index is 255. The maximum Gasteiger partial charge on any atom is 0.360 e. The first-order valence-corrected chi connectivity index (χ1v) is 3.22. The molecule has 12 heavy (non-hydrogen) atoms. The number of carbonyl (C=O) groups is 2. The monoisotopic (exact) mass is 188 g/mol. The highest BCUT2D eigenvalue weighted by molar-refractivity contribution is 7.80. The van der Waals surface area contributed by atoms with Gasteiger partial charge in [0.25, 0.3) is 0 Å². The molecule has 1 heterocycles. The highest BCUT2D eigenvalue weighted by Gasteiger charge is 2.19. The maximum atomic E-state index is 10.6. The minimum absolute atomic E-state index is 0.361. The third-order valence-electron chi connectivity index (χ3n) is 0.881. The van der Waals surface area contributed by atoms with Crippen LogP contribution in [-0.4, -0.2) is 22.3 Å². The Morgan fingerprint density at radius 3 is 2.08 bits per heavy atom. The third kappa shape index (κ3) is 1.92. The van der Waals surface area contributed by atoms with Crippen molar-refractivity contribution < 1.29 is 19.3 Å².